The Morgan fingerprint density at radius 3 is 2.65 bits per heavy atom. The van der Waals surface area contributed by atoms with E-state index in [1.807, 2.05) is 12.1 Å². The monoisotopic (exact) mass is 287 g/mol. The van der Waals surface area contributed by atoms with Gasteiger partial charge >= 0.3 is 0 Å². The number of aromatic nitrogens is 3. The van der Waals surface area contributed by atoms with Crippen LogP contribution in [0.5, 0.6) is 0 Å². The SMILES string of the molecule is Cc1cc(-c2ccc(Cl)cc2)nn(-c2cnoc2)c1=O. The van der Waals surface area contributed by atoms with Gasteiger partial charge in [0.2, 0.25) is 0 Å². The predicted molar refractivity (Wildman–Crippen MR) is 75.1 cm³/mol. The Labute approximate surface area is 119 Å². The molecule has 0 aliphatic rings. The van der Waals surface area contributed by atoms with Gasteiger partial charge in [0.1, 0.15) is 12.0 Å². The highest BCUT2D eigenvalue weighted by molar-refractivity contribution is 6.30. The Morgan fingerprint density at radius 2 is 2.00 bits per heavy atom. The van der Waals surface area contributed by atoms with Crippen LogP contribution in [0.2, 0.25) is 5.02 Å². The molecule has 0 N–H and O–H groups in total. The summed E-state index contributed by atoms with van der Waals surface area (Å²) in [5, 5.41) is 8.58. The highest BCUT2D eigenvalue weighted by Crippen LogP contribution is 2.19. The van der Waals surface area contributed by atoms with Gasteiger partial charge < -0.3 is 4.52 Å². The molecule has 0 atom stereocenters. The van der Waals surface area contributed by atoms with Gasteiger partial charge in [-0.25, -0.2) is 0 Å². The molecule has 5 nitrogen and oxygen atoms in total. The second-order valence-electron chi connectivity index (χ2n) is 4.32. The molecule has 3 rings (SSSR count). The van der Waals surface area contributed by atoms with Crippen LogP contribution < -0.4 is 5.56 Å². The van der Waals surface area contributed by atoms with Crippen LogP contribution in [0.1, 0.15) is 5.56 Å². The number of aryl methyl sites for hydroxylation is 1. The van der Waals surface area contributed by atoms with E-state index in [9.17, 15) is 4.79 Å². The Balaban J connectivity index is 2.19. The number of halogens is 1. The van der Waals surface area contributed by atoms with Gasteiger partial charge in [-0.1, -0.05) is 28.9 Å². The third-order valence-electron chi connectivity index (χ3n) is 2.89. The summed E-state index contributed by atoms with van der Waals surface area (Å²) in [6.45, 7) is 1.74. The van der Waals surface area contributed by atoms with E-state index in [1.54, 1.807) is 25.1 Å². The van der Waals surface area contributed by atoms with E-state index in [0.717, 1.165) is 5.56 Å². The largest absolute Gasteiger partial charge is 0.362 e. The van der Waals surface area contributed by atoms with Gasteiger partial charge in [-0.2, -0.15) is 9.78 Å². The van der Waals surface area contributed by atoms with Crippen molar-refractivity contribution in [2.75, 3.05) is 0 Å². The van der Waals surface area contributed by atoms with Crippen molar-refractivity contribution in [3.05, 3.63) is 63.7 Å². The minimum atomic E-state index is -0.203. The zero-order valence-electron chi connectivity index (χ0n) is 10.6. The molecule has 0 saturated heterocycles. The summed E-state index contributed by atoms with van der Waals surface area (Å²) in [6, 6.07) is 9.01. The summed E-state index contributed by atoms with van der Waals surface area (Å²) < 4.78 is 6.03. The first-order chi connectivity index (χ1) is 9.65. The molecule has 0 bridgehead atoms. The van der Waals surface area contributed by atoms with Gasteiger partial charge in [-0.05, 0) is 25.1 Å². The van der Waals surface area contributed by atoms with Crippen LogP contribution in [0.3, 0.4) is 0 Å². The van der Waals surface area contributed by atoms with Crippen molar-refractivity contribution in [2.24, 2.45) is 0 Å². The Morgan fingerprint density at radius 1 is 1.25 bits per heavy atom. The minimum absolute atomic E-state index is 0.203. The zero-order chi connectivity index (χ0) is 14.1. The Kier molecular flexibility index (Phi) is 3.12. The van der Waals surface area contributed by atoms with Crippen LogP contribution in [0, 0.1) is 6.92 Å². The normalized spacial score (nSPS) is 10.7. The molecule has 2 heterocycles. The summed E-state index contributed by atoms with van der Waals surface area (Å²) in [4.78, 5) is 12.1. The van der Waals surface area contributed by atoms with E-state index in [2.05, 4.69) is 10.3 Å². The maximum Gasteiger partial charge on any atom is 0.274 e. The van der Waals surface area contributed by atoms with E-state index in [1.165, 1.54) is 17.1 Å². The van der Waals surface area contributed by atoms with E-state index in [-0.39, 0.29) is 5.56 Å². The molecular weight excluding hydrogens is 278 g/mol. The number of rotatable bonds is 2. The molecule has 0 unspecified atom stereocenters. The maximum atomic E-state index is 12.1. The standard InChI is InChI=1S/C14H10ClN3O2/c1-9-6-13(10-2-4-11(15)5-3-10)17-18(14(9)19)12-7-16-20-8-12/h2-8H,1H3. The smallest absolute Gasteiger partial charge is 0.274 e. The van der Waals surface area contributed by atoms with Crippen LogP contribution in [0.25, 0.3) is 16.9 Å². The maximum absolute atomic E-state index is 12.1. The van der Waals surface area contributed by atoms with Crippen molar-refractivity contribution in [2.45, 2.75) is 6.92 Å². The second-order valence-corrected chi connectivity index (χ2v) is 4.76. The predicted octanol–water partition coefficient (Wildman–Crippen LogP) is 2.85. The number of hydrogen-bond acceptors (Lipinski definition) is 4. The average molecular weight is 288 g/mol. The second kappa shape index (κ2) is 4.94. The summed E-state index contributed by atoms with van der Waals surface area (Å²) in [7, 11) is 0. The molecule has 20 heavy (non-hydrogen) atoms. The first-order valence-corrected chi connectivity index (χ1v) is 6.29. The molecule has 6 heteroatoms. The molecule has 1 aromatic carbocycles. The van der Waals surface area contributed by atoms with Crippen LogP contribution in [-0.2, 0) is 0 Å². The highest BCUT2D eigenvalue weighted by atomic mass is 35.5. The third-order valence-corrected chi connectivity index (χ3v) is 3.15. The first-order valence-electron chi connectivity index (χ1n) is 5.92. The van der Waals surface area contributed by atoms with Gasteiger partial charge in [0.15, 0.2) is 0 Å². The Bertz CT molecular complexity index is 792. The van der Waals surface area contributed by atoms with Crippen molar-refractivity contribution in [3.8, 4) is 16.9 Å². The first kappa shape index (κ1) is 12.6. The Hall–Kier alpha value is -2.40. The molecule has 3 aromatic rings. The van der Waals surface area contributed by atoms with E-state index in [4.69, 9.17) is 16.1 Å². The lowest BCUT2D eigenvalue weighted by molar-refractivity contribution is 0.419. The quantitative estimate of drug-likeness (QED) is 0.727. The van der Waals surface area contributed by atoms with Crippen LogP contribution in [0.15, 0.2) is 52.1 Å². The van der Waals surface area contributed by atoms with Crippen molar-refractivity contribution in [1.82, 2.24) is 14.9 Å². The summed E-state index contributed by atoms with van der Waals surface area (Å²) >= 11 is 5.87. The van der Waals surface area contributed by atoms with Crippen LogP contribution in [0.4, 0.5) is 0 Å². The fourth-order valence-corrected chi connectivity index (χ4v) is 1.98. The van der Waals surface area contributed by atoms with Crippen molar-refractivity contribution in [3.63, 3.8) is 0 Å². The average Bonchev–Trinajstić information content (AvgIpc) is 2.96. The van der Waals surface area contributed by atoms with Crippen molar-refractivity contribution < 1.29 is 4.52 Å². The van der Waals surface area contributed by atoms with E-state index in [0.29, 0.717) is 22.0 Å². The van der Waals surface area contributed by atoms with Crippen molar-refractivity contribution >= 4 is 11.6 Å². The minimum Gasteiger partial charge on any atom is -0.362 e. The molecule has 0 fully saturated rings. The molecular formula is C14H10ClN3O2. The molecule has 2 aromatic heterocycles. The lowest BCUT2D eigenvalue weighted by Crippen LogP contribution is -2.23. The van der Waals surface area contributed by atoms with Crippen molar-refractivity contribution in [1.29, 1.82) is 0 Å². The summed E-state index contributed by atoms with van der Waals surface area (Å²) in [5.74, 6) is 0. The fraction of sp³-hybridized carbons (Fsp3) is 0.0714. The van der Waals surface area contributed by atoms with Crippen LogP contribution >= 0.6 is 11.6 Å². The number of benzene rings is 1. The molecule has 0 aliphatic heterocycles. The van der Waals surface area contributed by atoms with Gasteiger partial charge in [-0.3, -0.25) is 4.79 Å². The fourth-order valence-electron chi connectivity index (χ4n) is 1.86. The summed E-state index contributed by atoms with van der Waals surface area (Å²) in [5.41, 5.74) is 2.44. The van der Waals surface area contributed by atoms with E-state index >= 15 is 0 Å². The third kappa shape index (κ3) is 2.23. The molecule has 0 amide bonds. The number of nitrogens with zero attached hydrogens (tertiary/aromatic N) is 3. The van der Waals surface area contributed by atoms with E-state index < -0.39 is 0 Å². The topological polar surface area (TPSA) is 60.9 Å². The highest BCUT2D eigenvalue weighted by Gasteiger charge is 2.10. The zero-order valence-corrected chi connectivity index (χ0v) is 11.3. The van der Waals surface area contributed by atoms with Gasteiger partial charge in [0, 0.05) is 16.1 Å². The molecule has 0 spiro atoms. The molecule has 100 valence electrons. The molecule has 0 radical (unpaired) electrons. The lowest BCUT2D eigenvalue weighted by atomic mass is 10.1. The summed E-state index contributed by atoms with van der Waals surface area (Å²) in [6.07, 6.45) is 2.82. The van der Waals surface area contributed by atoms with Gasteiger partial charge in [0.25, 0.3) is 5.56 Å². The van der Waals surface area contributed by atoms with Gasteiger partial charge in [-0.15, -0.1) is 0 Å². The van der Waals surface area contributed by atoms with Crippen LogP contribution in [-0.4, -0.2) is 14.9 Å². The lowest BCUT2D eigenvalue weighted by Gasteiger charge is -2.07. The molecule has 0 saturated carbocycles. The molecule has 0 aliphatic carbocycles. The van der Waals surface area contributed by atoms with Gasteiger partial charge in [0.05, 0.1) is 11.9 Å². The number of hydrogen-bond donors (Lipinski definition) is 0.